The van der Waals surface area contributed by atoms with Gasteiger partial charge in [0, 0.05) is 42.1 Å². The number of carbonyl (C=O) groups excluding carboxylic acids is 11. The number of rotatable bonds is 27. The molecule has 0 bridgehead atoms. The molecule has 11 amide bonds. The van der Waals surface area contributed by atoms with Crippen molar-refractivity contribution in [2.24, 2.45) is 66.8 Å². The fourth-order valence-corrected chi connectivity index (χ4v) is 13.1. The van der Waals surface area contributed by atoms with E-state index >= 15 is 9.59 Å². The normalized spacial score (nSPS) is 22.0. The number of aromatic hydroxyl groups is 1. The van der Waals surface area contributed by atoms with Crippen molar-refractivity contribution in [2.45, 2.75) is 176 Å². The van der Waals surface area contributed by atoms with Crippen molar-refractivity contribution in [3.63, 3.8) is 0 Å². The molecular formula is C61H97N21O12S2. The third-order valence-electron chi connectivity index (χ3n) is 15.9. The van der Waals surface area contributed by atoms with Crippen LogP contribution in [0.25, 0.3) is 0 Å². The Bertz CT molecular complexity index is 3110. The van der Waals surface area contributed by atoms with Gasteiger partial charge in [-0.2, -0.15) is 0 Å². The van der Waals surface area contributed by atoms with Gasteiger partial charge in [-0.15, -0.1) is 0 Å². The Morgan fingerprint density at radius 1 is 0.625 bits per heavy atom. The molecule has 26 N–H and O–H groups in total. The maximum absolute atomic E-state index is 15.4. The summed E-state index contributed by atoms with van der Waals surface area (Å²) in [4.78, 5) is 171. The number of nitrogens with zero attached hydrogens (tertiary/aromatic N) is 4. The number of benzene rings is 2. The van der Waals surface area contributed by atoms with E-state index in [1.165, 1.54) is 17.0 Å². The summed E-state index contributed by atoms with van der Waals surface area (Å²) in [6.07, 6.45) is 0.748. The van der Waals surface area contributed by atoms with E-state index in [1.54, 1.807) is 84.0 Å². The topological polar surface area (TPSA) is 565 Å². The number of phenols is 1. The minimum atomic E-state index is -1.67. The number of carbonyl (C=O) groups is 11. The minimum absolute atomic E-state index is 0.00158. The van der Waals surface area contributed by atoms with Crippen molar-refractivity contribution in [2.75, 3.05) is 39.3 Å². The number of guanidine groups is 3. The molecular weight excluding hydrogens is 1280 g/mol. The van der Waals surface area contributed by atoms with Crippen LogP contribution in [0, 0.1) is 5.92 Å². The number of aliphatic imine (C=N–C) groups is 3. The van der Waals surface area contributed by atoms with E-state index in [4.69, 9.17) is 45.9 Å². The summed E-state index contributed by atoms with van der Waals surface area (Å²) < 4.78 is -2.86. The third kappa shape index (κ3) is 26.2. The molecule has 0 unspecified atom stereocenters. The van der Waals surface area contributed by atoms with Gasteiger partial charge < -0.3 is 104 Å². The molecule has 2 aliphatic rings. The van der Waals surface area contributed by atoms with Crippen molar-refractivity contribution in [1.82, 2.24) is 52.8 Å². The Labute approximate surface area is 566 Å². The van der Waals surface area contributed by atoms with Crippen LogP contribution in [-0.2, 0) is 65.6 Å². The zero-order valence-corrected chi connectivity index (χ0v) is 56.8. The van der Waals surface area contributed by atoms with Crippen LogP contribution in [0.15, 0.2) is 69.6 Å². The van der Waals surface area contributed by atoms with E-state index in [-0.39, 0.29) is 108 Å². The summed E-state index contributed by atoms with van der Waals surface area (Å²) in [5.74, 6) is -10.4. The molecule has 2 aromatic rings. The smallest absolute Gasteiger partial charge is 0.245 e. The van der Waals surface area contributed by atoms with Crippen LogP contribution < -0.4 is 93.7 Å². The van der Waals surface area contributed by atoms with Crippen LogP contribution in [0.1, 0.15) is 110 Å². The fourth-order valence-electron chi connectivity index (χ4n) is 10.3. The van der Waals surface area contributed by atoms with Crippen molar-refractivity contribution in [3.05, 3.63) is 65.7 Å². The maximum atomic E-state index is 15.4. The maximum Gasteiger partial charge on any atom is 0.245 e. The van der Waals surface area contributed by atoms with Gasteiger partial charge in [-0.1, -0.05) is 84.3 Å². The summed E-state index contributed by atoms with van der Waals surface area (Å²) in [7, 11) is 1.99. The number of nitrogens with one attached hydrogen (secondary N) is 9. The summed E-state index contributed by atoms with van der Waals surface area (Å²) in [5, 5.41) is 33.7. The second kappa shape index (κ2) is 38.4. The number of amides is 11. The highest BCUT2D eigenvalue weighted by Gasteiger charge is 2.46. The fraction of sp³-hybridized carbons (Fsp3) is 0.574. The molecule has 2 fully saturated rings. The second-order valence-corrected chi connectivity index (χ2v) is 28.0. The summed E-state index contributed by atoms with van der Waals surface area (Å²) in [5.41, 5.74) is 47.1. The molecule has 2 aromatic carbocycles. The predicted molar refractivity (Wildman–Crippen MR) is 366 cm³/mol. The van der Waals surface area contributed by atoms with Gasteiger partial charge in [-0.3, -0.25) is 67.7 Å². The van der Waals surface area contributed by atoms with Gasteiger partial charge in [-0.25, -0.2) is 0 Å². The van der Waals surface area contributed by atoms with Gasteiger partial charge in [0.1, 0.15) is 54.1 Å². The first kappa shape index (κ1) is 79.3. The van der Waals surface area contributed by atoms with Gasteiger partial charge in [0.15, 0.2) is 17.9 Å². The lowest BCUT2D eigenvalue weighted by Crippen LogP contribution is -2.63. The quantitative estimate of drug-likeness (QED) is 0.0174. The van der Waals surface area contributed by atoms with Crippen LogP contribution >= 0.6 is 21.6 Å². The number of primary amides is 1. The average Bonchev–Trinajstić information content (AvgIpc) is 1.20. The van der Waals surface area contributed by atoms with Crippen LogP contribution in [0.3, 0.4) is 0 Å². The first-order valence-electron chi connectivity index (χ1n) is 31.6. The van der Waals surface area contributed by atoms with Crippen LogP contribution in [-0.4, -0.2) is 196 Å². The highest BCUT2D eigenvalue weighted by atomic mass is 33.1. The molecule has 35 heteroatoms. The van der Waals surface area contributed by atoms with Gasteiger partial charge in [0.2, 0.25) is 65.0 Å². The molecule has 0 aliphatic carbocycles. The van der Waals surface area contributed by atoms with Crippen LogP contribution in [0.2, 0.25) is 0 Å². The van der Waals surface area contributed by atoms with Crippen LogP contribution in [0.4, 0.5) is 0 Å². The van der Waals surface area contributed by atoms with Gasteiger partial charge >= 0.3 is 0 Å². The Balaban J connectivity index is 1.83. The molecule has 0 spiro atoms. The van der Waals surface area contributed by atoms with E-state index in [0.717, 1.165) is 21.6 Å². The van der Waals surface area contributed by atoms with Crippen molar-refractivity contribution >= 4 is 104 Å². The van der Waals surface area contributed by atoms with E-state index < -0.39 is 148 Å². The largest absolute Gasteiger partial charge is 0.508 e. The lowest BCUT2D eigenvalue weighted by molar-refractivity contribution is -0.143. The molecule has 0 aromatic heterocycles. The standard InChI is InChI=1S/C61H97N21O12S2/c1-7-33(2)45-54(92)78-40(19-13-27-72-59(68)69)56(94)82-28-14-20-42(82)53(91)80-46(48(63)86)60(3,4)95-96-61(5,6)47(55(93)77-38(17-11-25-70-57(64)65)50(88)76-39(51(89)79-45)18-12-26-71-58(66)67)81-52(90)41(30-34-15-9-8-10-16-34)75-44(85)32-73-43(84)31-74-49(87)37(62)29-35-21-23-36(83)24-22-35/h8-10,15-16,21-24,33,37-42,45-47,83H,7,11-14,17-20,25-32,62H2,1-6H3,(H2,63,86)(H,73,84)(H,74,87)(H,75,85)(H,76,88)(H,77,93)(H,78,92)(H,79,89)(H,80,91)(H,81,90)(H4,64,65,70)(H4,66,67,71)(H4,68,69,72)/t33-,37-,38-,39-,40-,41-,42-,45-,46-,47+/m0/s1. The lowest BCUT2D eigenvalue weighted by atomic mass is 9.96. The zero-order chi connectivity index (χ0) is 71.5. The average molecular weight is 1380 g/mol. The molecule has 2 heterocycles. The molecule has 0 radical (unpaired) electrons. The zero-order valence-electron chi connectivity index (χ0n) is 55.2. The van der Waals surface area contributed by atoms with E-state index in [1.807, 2.05) is 0 Å². The van der Waals surface area contributed by atoms with Gasteiger partial charge in [0.05, 0.1) is 19.1 Å². The van der Waals surface area contributed by atoms with Gasteiger partial charge in [-0.05, 0) is 115 Å². The number of hydrogen-bond acceptors (Lipinski definition) is 18. The molecule has 96 heavy (non-hydrogen) atoms. The monoisotopic (exact) mass is 1380 g/mol. The van der Waals surface area contributed by atoms with E-state index in [2.05, 4.69) is 62.8 Å². The van der Waals surface area contributed by atoms with Crippen molar-refractivity contribution in [1.29, 1.82) is 0 Å². The Morgan fingerprint density at radius 2 is 1.14 bits per heavy atom. The molecule has 2 aliphatic heterocycles. The minimum Gasteiger partial charge on any atom is -0.508 e. The van der Waals surface area contributed by atoms with Crippen molar-refractivity contribution < 1.29 is 57.8 Å². The highest BCUT2D eigenvalue weighted by molar-refractivity contribution is 8.77. The highest BCUT2D eigenvalue weighted by Crippen LogP contribution is 2.47. The lowest BCUT2D eigenvalue weighted by Gasteiger charge is -2.39. The summed E-state index contributed by atoms with van der Waals surface area (Å²) in [6.45, 7) is 8.66. The molecule has 0 saturated carbocycles. The number of phenolic OH excluding ortho intramolecular Hbond substituents is 1. The number of fused-ring (bicyclic) bond motifs is 1. The Kier molecular flexibility index (Phi) is 31.8. The summed E-state index contributed by atoms with van der Waals surface area (Å²) in [6, 6.07) is 2.09. The number of nitrogens with two attached hydrogens (primary N) is 8. The molecule has 4 rings (SSSR count). The number of hydrogen-bond donors (Lipinski definition) is 18. The third-order valence-corrected chi connectivity index (χ3v) is 20.1. The first-order valence-corrected chi connectivity index (χ1v) is 33.7. The SMILES string of the molecule is CC[C@H](C)[C@@H]1NC(=O)[C@H](CCCN=C(N)N)NC(=O)[C@H](CCCN=C(N)N)NC(=O)[C@@H](NC(=O)[C@H](Cc2ccccc2)NC(=O)CNC(=O)CNC(=O)[C@@H](N)Cc2ccc(O)cc2)C(C)(C)SSC(C)(C)[C@H](C(N)=O)NC(=O)[C@@H]2CCCN2C(=O)[C@H](CCCN=C(N)N)NC1=O. The first-order chi connectivity index (χ1) is 45.2. The Hall–Kier alpha value is -9.12. The van der Waals surface area contributed by atoms with Gasteiger partial charge in [0.25, 0.3) is 0 Å². The van der Waals surface area contributed by atoms with Crippen LogP contribution in [0.5, 0.6) is 5.75 Å². The second-order valence-electron chi connectivity index (χ2n) is 24.5. The predicted octanol–water partition coefficient (Wildman–Crippen LogP) is -4.23. The molecule has 2 saturated heterocycles. The molecule has 10 atom stereocenters. The Morgan fingerprint density at radius 3 is 1.69 bits per heavy atom. The van der Waals surface area contributed by atoms with E-state index in [0.29, 0.717) is 24.0 Å². The summed E-state index contributed by atoms with van der Waals surface area (Å²) >= 11 is 0. The molecule has 33 nitrogen and oxygen atoms in total. The van der Waals surface area contributed by atoms with Crippen molar-refractivity contribution in [3.8, 4) is 5.75 Å². The molecule has 530 valence electrons. The van der Waals surface area contributed by atoms with E-state index in [9.17, 15) is 48.3 Å².